The van der Waals surface area contributed by atoms with Gasteiger partial charge in [-0.05, 0) is 43.9 Å². The molecular weight excluding hydrogens is 320 g/mol. The van der Waals surface area contributed by atoms with Gasteiger partial charge in [0.25, 0.3) is 0 Å². The lowest BCUT2D eigenvalue weighted by molar-refractivity contribution is 0.194. The molecule has 1 aromatic carbocycles. The monoisotopic (exact) mass is 344 g/mol. The average Bonchev–Trinajstić information content (AvgIpc) is 2.86. The minimum absolute atomic E-state index is 0.501. The van der Waals surface area contributed by atoms with Crippen LogP contribution in [0.2, 0.25) is 5.02 Å². The Labute approximate surface area is 148 Å². The number of rotatable bonds is 3. The highest BCUT2D eigenvalue weighted by atomic mass is 35.5. The van der Waals surface area contributed by atoms with Gasteiger partial charge in [0.1, 0.15) is 11.6 Å². The normalized spacial score (nSPS) is 22.1. The van der Waals surface area contributed by atoms with Gasteiger partial charge in [-0.3, -0.25) is 4.90 Å². The maximum Gasteiger partial charge on any atom is 0.137 e. The maximum atomic E-state index is 6.34. The van der Waals surface area contributed by atoms with Crippen molar-refractivity contribution < 1.29 is 0 Å². The number of halogens is 1. The summed E-state index contributed by atoms with van der Waals surface area (Å²) in [6.45, 7) is 4.22. The molecule has 128 valence electrons. The van der Waals surface area contributed by atoms with E-state index in [9.17, 15) is 0 Å². The number of benzene rings is 1. The Hall–Kier alpha value is -1.39. The second-order valence-electron chi connectivity index (χ2n) is 7.10. The van der Waals surface area contributed by atoms with Crippen LogP contribution in [0.3, 0.4) is 0 Å². The summed E-state index contributed by atoms with van der Waals surface area (Å²) in [5.41, 5.74) is 1.22. The molecule has 0 saturated carbocycles. The molecule has 2 aliphatic rings. The molecule has 1 unspecified atom stereocenters. The third-order valence-corrected chi connectivity index (χ3v) is 5.73. The average molecular weight is 345 g/mol. The summed E-state index contributed by atoms with van der Waals surface area (Å²) in [7, 11) is 0. The molecule has 2 aliphatic heterocycles. The lowest BCUT2D eigenvalue weighted by Gasteiger charge is -2.32. The SMILES string of the molecule is Clc1ccccc1CN1CCCC(c2nnc3n2CCCCC3)C1. The third-order valence-electron chi connectivity index (χ3n) is 5.36. The predicted octanol–water partition coefficient (Wildman–Crippen LogP) is 4.04. The van der Waals surface area contributed by atoms with Crippen LogP contribution in [0.1, 0.15) is 55.2 Å². The summed E-state index contributed by atoms with van der Waals surface area (Å²) in [4.78, 5) is 2.52. The molecule has 0 spiro atoms. The molecule has 4 rings (SSSR count). The molecule has 1 atom stereocenters. The van der Waals surface area contributed by atoms with E-state index in [1.807, 2.05) is 12.1 Å². The smallest absolute Gasteiger partial charge is 0.137 e. The molecule has 1 aromatic heterocycles. The van der Waals surface area contributed by atoms with E-state index >= 15 is 0 Å². The fourth-order valence-corrected chi connectivity index (χ4v) is 4.28. The lowest BCUT2D eigenvalue weighted by Crippen LogP contribution is -2.35. The van der Waals surface area contributed by atoms with Gasteiger partial charge >= 0.3 is 0 Å². The number of fused-ring (bicyclic) bond motifs is 1. The first kappa shape index (κ1) is 16.1. The molecule has 0 N–H and O–H groups in total. The first-order chi connectivity index (χ1) is 11.8. The number of likely N-dealkylation sites (tertiary alicyclic amines) is 1. The van der Waals surface area contributed by atoms with Gasteiger partial charge in [-0.2, -0.15) is 0 Å². The van der Waals surface area contributed by atoms with Crippen LogP contribution in [-0.4, -0.2) is 32.8 Å². The fraction of sp³-hybridized carbons (Fsp3) is 0.579. The number of aromatic nitrogens is 3. The van der Waals surface area contributed by atoms with Crippen molar-refractivity contribution in [1.82, 2.24) is 19.7 Å². The zero-order valence-electron chi connectivity index (χ0n) is 14.1. The lowest BCUT2D eigenvalue weighted by atomic mass is 9.96. The van der Waals surface area contributed by atoms with Crippen molar-refractivity contribution in [2.24, 2.45) is 0 Å². The van der Waals surface area contributed by atoms with Crippen molar-refractivity contribution in [3.05, 3.63) is 46.5 Å². The van der Waals surface area contributed by atoms with E-state index in [0.717, 1.165) is 37.6 Å². The molecular formula is C19H25ClN4. The number of hydrogen-bond donors (Lipinski definition) is 0. The predicted molar refractivity (Wildman–Crippen MR) is 96.3 cm³/mol. The van der Waals surface area contributed by atoms with Crippen molar-refractivity contribution in [2.75, 3.05) is 13.1 Å². The molecule has 4 nitrogen and oxygen atoms in total. The fourth-order valence-electron chi connectivity index (χ4n) is 4.09. The minimum Gasteiger partial charge on any atom is -0.315 e. The van der Waals surface area contributed by atoms with Crippen molar-refractivity contribution in [3.8, 4) is 0 Å². The third kappa shape index (κ3) is 3.35. The second-order valence-corrected chi connectivity index (χ2v) is 7.51. The highest BCUT2D eigenvalue weighted by Crippen LogP contribution is 2.29. The van der Waals surface area contributed by atoms with E-state index < -0.39 is 0 Å². The molecule has 1 fully saturated rings. The number of piperidine rings is 1. The van der Waals surface area contributed by atoms with E-state index in [2.05, 4.69) is 31.8 Å². The van der Waals surface area contributed by atoms with Crippen LogP contribution in [0.15, 0.2) is 24.3 Å². The molecule has 5 heteroatoms. The Balaban J connectivity index is 1.49. The maximum absolute atomic E-state index is 6.34. The highest BCUT2D eigenvalue weighted by molar-refractivity contribution is 6.31. The molecule has 1 saturated heterocycles. The standard InChI is InChI=1S/C19H25ClN4/c20-17-9-4-3-7-15(17)13-23-11-6-8-16(14-23)19-22-21-18-10-2-1-5-12-24(18)19/h3-4,7,9,16H,1-2,5-6,8,10-14H2. The summed E-state index contributed by atoms with van der Waals surface area (Å²) in [5.74, 6) is 2.92. The molecule has 0 amide bonds. The van der Waals surface area contributed by atoms with Gasteiger partial charge in [0, 0.05) is 37.0 Å². The van der Waals surface area contributed by atoms with Crippen LogP contribution in [0.25, 0.3) is 0 Å². The summed E-state index contributed by atoms with van der Waals surface area (Å²) < 4.78 is 2.41. The van der Waals surface area contributed by atoms with Crippen molar-refractivity contribution in [2.45, 2.75) is 57.5 Å². The van der Waals surface area contributed by atoms with Crippen LogP contribution in [0.4, 0.5) is 0 Å². The van der Waals surface area contributed by atoms with Gasteiger partial charge in [0.2, 0.25) is 0 Å². The van der Waals surface area contributed by atoms with Crippen LogP contribution in [-0.2, 0) is 19.5 Å². The number of nitrogens with zero attached hydrogens (tertiary/aromatic N) is 4. The minimum atomic E-state index is 0.501. The van der Waals surface area contributed by atoms with Gasteiger partial charge < -0.3 is 4.57 Å². The summed E-state index contributed by atoms with van der Waals surface area (Å²) in [5, 5.41) is 9.94. The van der Waals surface area contributed by atoms with Crippen LogP contribution >= 0.6 is 11.6 Å². The molecule has 0 bridgehead atoms. The zero-order chi connectivity index (χ0) is 16.4. The van der Waals surface area contributed by atoms with Crippen molar-refractivity contribution >= 4 is 11.6 Å². The summed E-state index contributed by atoms with van der Waals surface area (Å²) >= 11 is 6.34. The second kappa shape index (κ2) is 7.24. The molecule has 0 radical (unpaired) electrons. The van der Waals surface area contributed by atoms with E-state index in [-0.39, 0.29) is 0 Å². The van der Waals surface area contributed by atoms with Crippen molar-refractivity contribution in [1.29, 1.82) is 0 Å². The van der Waals surface area contributed by atoms with Gasteiger partial charge in [-0.15, -0.1) is 10.2 Å². The number of hydrogen-bond acceptors (Lipinski definition) is 3. The Morgan fingerprint density at radius 3 is 2.88 bits per heavy atom. The first-order valence-corrected chi connectivity index (χ1v) is 9.57. The number of aryl methyl sites for hydroxylation is 1. The van der Waals surface area contributed by atoms with Crippen molar-refractivity contribution in [3.63, 3.8) is 0 Å². The molecule has 0 aliphatic carbocycles. The van der Waals surface area contributed by atoms with E-state index in [1.54, 1.807) is 0 Å². The van der Waals surface area contributed by atoms with Gasteiger partial charge in [-0.25, -0.2) is 0 Å². The summed E-state index contributed by atoms with van der Waals surface area (Å²) in [6.07, 6.45) is 7.35. The first-order valence-electron chi connectivity index (χ1n) is 9.19. The van der Waals surface area contributed by atoms with Crippen LogP contribution in [0.5, 0.6) is 0 Å². The largest absolute Gasteiger partial charge is 0.315 e. The quantitative estimate of drug-likeness (QED) is 0.842. The summed E-state index contributed by atoms with van der Waals surface area (Å²) in [6, 6.07) is 8.18. The molecule has 24 heavy (non-hydrogen) atoms. The van der Waals surface area contributed by atoms with E-state index in [0.29, 0.717) is 5.92 Å². The Kier molecular flexibility index (Phi) is 4.86. The Bertz CT molecular complexity index is 696. The topological polar surface area (TPSA) is 34.0 Å². The van der Waals surface area contributed by atoms with Crippen LogP contribution < -0.4 is 0 Å². The van der Waals surface area contributed by atoms with Gasteiger partial charge in [0.15, 0.2) is 0 Å². The Morgan fingerprint density at radius 2 is 1.96 bits per heavy atom. The highest BCUT2D eigenvalue weighted by Gasteiger charge is 2.27. The zero-order valence-corrected chi connectivity index (χ0v) is 14.9. The van der Waals surface area contributed by atoms with Crippen LogP contribution in [0, 0.1) is 0 Å². The van der Waals surface area contributed by atoms with Gasteiger partial charge in [-0.1, -0.05) is 36.2 Å². The molecule has 2 aromatic rings. The van der Waals surface area contributed by atoms with Gasteiger partial charge in [0.05, 0.1) is 0 Å². The molecule has 3 heterocycles. The van der Waals surface area contributed by atoms with E-state index in [1.165, 1.54) is 49.3 Å². The Morgan fingerprint density at radius 1 is 1.04 bits per heavy atom. The van der Waals surface area contributed by atoms with E-state index in [4.69, 9.17) is 11.6 Å².